The molecule has 1 amide bonds. The molecule has 0 fully saturated rings. The summed E-state index contributed by atoms with van der Waals surface area (Å²) in [4.78, 5) is 12.4. The molecule has 0 radical (unpaired) electrons. The molecule has 0 aromatic heterocycles. The molecule has 4 heteroatoms. The SMILES string of the molecule is O=C(Nc1cccc2ccccc12)c1ccc(Br)cc1Cl. The maximum atomic E-state index is 12.4. The van der Waals surface area contributed by atoms with Crippen LogP contribution in [0, 0.1) is 0 Å². The lowest BCUT2D eigenvalue weighted by Crippen LogP contribution is -2.12. The quantitative estimate of drug-likeness (QED) is 0.641. The van der Waals surface area contributed by atoms with Crippen molar-refractivity contribution in [2.24, 2.45) is 0 Å². The van der Waals surface area contributed by atoms with Crippen LogP contribution in [0.3, 0.4) is 0 Å². The van der Waals surface area contributed by atoms with Gasteiger partial charge in [0.1, 0.15) is 0 Å². The lowest BCUT2D eigenvalue weighted by atomic mass is 10.1. The van der Waals surface area contributed by atoms with E-state index >= 15 is 0 Å². The Morgan fingerprint density at radius 1 is 1.00 bits per heavy atom. The van der Waals surface area contributed by atoms with Crippen LogP contribution in [0.25, 0.3) is 10.8 Å². The molecule has 0 bridgehead atoms. The minimum Gasteiger partial charge on any atom is -0.321 e. The molecule has 0 heterocycles. The van der Waals surface area contributed by atoms with Crippen molar-refractivity contribution >= 4 is 49.9 Å². The molecule has 0 aliphatic heterocycles. The van der Waals surface area contributed by atoms with Gasteiger partial charge in [-0.1, -0.05) is 63.9 Å². The molecule has 104 valence electrons. The Labute approximate surface area is 135 Å². The first-order valence-electron chi connectivity index (χ1n) is 6.39. The number of fused-ring (bicyclic) bond motifs is 1. The topological polar surface area (TPSA) is 29.1 Å². The van der Waals surface area contributed by atoms with E-state index in [9.17, 15) is 4.79 Å². The molecule has 0 saturated carbocycles. The predicted octanol–water partition coefficient (Wildman–Crippen LogP) is 5.51. The smallest absolute Gasteiger partial charge is 0.257 e. The zero-order chi connectivity index (χ0) is 14.8. The highest BCUT2D eigenvalue weighted by Gasteiger charge is 2.12. The van der Waals surface area contributed by atoms with E-state index in [2.05, 4.69) is 21.2 Å². The van der Waals surface area contributed by atoms with E-state index in [0.29, 0.717) is 10.6 Å². The third-order valence-corrected chi connectivity index (χ3v) is 4.02. The van der Waals surface area contributed by atoms with E-state index in [1.165, 1.54) is 0 Å². The van der Waals surface area contributed by atoms with Gasteiger partial charge in [-0.25, -0.2) is 0 Å². The van der Waals surface area contributed by atoms with Gasteiger partial charge in [0.05, 0.1) is 10.6 Å². The number of amides is 1. The minimum absolute atomic E-state index is 0.219. The van der Waals surface area contributed by atoms with Gasteiger partial charge in [0.15, 0.2) is 0 Å². The van der Waals surface area contributed by atoms with Crippen LogP contribution < -0.4 is 5.32 Å². The van der Waals surface area contributed by atoms with Crippen molar-refractivity contribution in [1.29, 1.82) is 0 Å². The summed E-state index contributed by atoms with van der Waals surface area (Å²) in [5, 5.41) is 5.42. The number of anilines is 1. The number of rotatable bonds is 2. The number of carbonyl (C=O) groups excluding carboxylic acids is 1. The number of benzene rings is 3. The number of hydrogen-bond donors (Lipinski definition) is 1. The van der Waals surface area contributed by atoms with Crippen molar-refractivity contribution in [2.45, 2.75) is 0 Å². The maximum Gasteiger partial charge on any atom is 0.257 e. The van der Waals surface area contributed by atoms with Gasteiger partial charge in [-0.2, -0.15) is 0 Å². The standard InChI is InChI=1S/C17H11BrClNO/c18-12-8-9-14(15(19)10-12)17(21)20-16-7-3-5-11-4-1-2-6-13(11)16/h1-10H,(H,20,21). The zero-order valence-electron chi connectivity index (χ0n) is 10.9. The molecular weight excluding hydrogens is 350 g/mol. The van der Waals surface area contributed by atoms with E-state index in [0.717, 1.165) is 20.9 Å². The van der Waals surface area contributed by atoms with Crippen molar-refractivity contribution in [2.75, 3.05) is 5.32 Å². The third-order valence-electron chi connectivity index (χ3n) is 3.21. The van der Waals surface area contributed by atoms with Gasteiger partial charge in [0.25, 0.3) is 5.91 Å². The monoisotopic (exact) mass is 359 g/mol. The summed E-state index contributed by atoms with van der Waals surface area (Å²) in [5.41, 5.74) is 1.23. The van der Waals surface area contributed by atoms with Crippen LogP contribution in [0.4, 0.5) is 5.69 Å². The second-order valence-electron chi connectivity index (χ2n) is 4.61. The van der Waals surface area contributed by atoms with Crippen LogP contribution in [0.1, 0.15) is 10.4 Å². The highest BCUT2D eigenvalue weighted by Crippen LogP contribution is 2.26. The summed E-state index contributed by atoms with van der Waals surface area (Å²) >= 11 is 9.45. The minimum atomic E-state index is -0.219. The van der Waals surface area contributed by atoms with E-state index in [-0.39, 0.29) is 5.91 Å². The molecule has 0 unspecified atom stereocenters. The molecule has 3 aromatic carbocycles. The summed E-state index contributed by atoms with van der Waals surface area (Å²) in [7, 11) is 0. The Hall–Kier alpha value is -1.84. The lowest BCUT2D eigenvalue weighted by molar-refractivity contribution is 0.102. The van der Waals surface area contributed by atoms with E-state index in [1.54, 1.807) is 18.2 Å². The van der Waals surface area contributed by atoms with Crippen LogP contribution in [0.5, 0.6) is 0 Å². The van der Waals surface area contributed by atoms with Crippen LogP contribution in [0.2, 0.25) is 5.02 Å². The first-order valence-corrected chi connectivity index (χ1v) is 7.56. The summed E-state index contributed by atoms with van der Waals surface area (Å²) in [6, 6.07) is 18.9. The molecule has 2 nitrogen and oxygen atoms in total. The van der Waals surface area contributed by atoms with E-state index in [4.69, 9.17) is 11.6 Å². The normalized spacial score (nSPS) is 10.6. The summed E-state index contributed by atoms with van der Waals surface area (Å²) in [6.07, 6.45) is 0. The van der Waals surface area contributed by atoms with Crippen molar-refractivity contribution in [3.63, 3.8) is 0 Å². The average molecular weight is 361 g/mol. The van der Waals surface area contributed by atoms with E-state index < -0.39 is 0 Å². The molecule has 1 N–H and O–H groups in total. The molecule has 0 atom stereocenters. The van der Waals surface area contributed by atoms with Crippen LogP contribution >= 0.6 is 27.5 Å². The number of nitrogens with one attached hydrogen (secondary N) is 1. The Morgan fingerprint density at radius 3 is 2.57 bits per heavy atom. The lowest BCUT2D eigenvalue weighted by Gasteiger charge is -2.10. The maximum absolute atomic E-state index is 12.4. The Morgan fingerprint density at radius 2 is 1.76 bits per heavy atom. The van der Waals surface area contributed by atoms with Gasteiger partial charge in [0, 0.05) is 15.5 Å². The van der Waals surface area contributed by atoms with Crippen LogP contribution in [-0.2, 0) is 0 Å². The molecule has 21 heavy (non-hydrogen) atoms. The molecule has 3 rings (SSSR count). The van der Waals surface area contributed by atoms with Gasteiger partial charge in [-0.05, 0) is 29.7 Å². The Balaban J connectivity index is 1.97. The van der Waals surface area contributed by atoms with Crippen molar-refractivity contribution in [3.8, 4) is 0 Å². The largest absolute Gasteiger partial charge is 0.321 e. The van der Waals surface area contributed by atoms with Crippen LogP contribution in [0.15, 0.2) is 65.1 Å². The van der Waals surface area contributed by atoms with Gasteiger partial charge >= 0.3 is 0 Å². The molecule has 0 saturated heterocycles. The Bertz CT molecular complexity index is 827. The van der Waals surface area contributed by atoms with Gasteiger partial charge in [-0.3, -0.25) is 4.79 Å². The van der Waals surface area contributed by atoms with Crippen molar-refractivity contribution in [1.82, 2.24) is 0 Å². The van der Waals surface area contributed by atoms with Gasteiger partial charge < -0.3 is 5.32 Å². The third kappa shape index (κ3) is 2.94. The van der Waals surface area contributed by atoms with Crippen molar-refractivity contribution < 1.29 is 4.79 Å². The fourth-order valence-electron chi connectivity index (χ4n) is 2.20. The number of hydrogen-bond acceptors (Lipinski definition) is 1. The van der Waals surface area contributed by atoms with Gasteiger partial charge in [0.2, 0.25) is 0 Å². The fourth-order valence-corrected chi connectivity index (χ4v) is 2.96. The zero-order valence-corrected chi connectivity index (χ0v) is 13.3. The second-order valence-corrected chi connectivity index (χ2v) is 5.93. The van der Waals surface area contributed by atoms with Crippen molar-refractivity contribution in [3.05, 3.63) is 75.7 Å². The molecule has 0 aliphatic carbocycles. The second kappa shape index (κ2) is 5.88. The molecule has 0 spiro atoms. The summed E-state index contributed by atoms with van der Waals surface area (Å²) in [5.74, 6) is -0.219. The van der Waals surface area contributed by atoms with E-state index in [1.807, 2.05) is 42.5 Å². The highest BCUT2D eigenvalue weighted by atomic mass is 79.9. The van der Waals surface area contributed by atoms with Gasteiger partial charge in [-0.15, -0.1) is 0 Å². The molecule has 0 aliphatic rings. The average Bonchev–Trinajstić information content (AvgIpc) is 2.47. The first kappa shape index (κ1) is 14.1. The first-order chi connectivity index (χ1) is 10.1. The number of carbonyl (C=O) groups is 1. The predicted molar refractivity (Wildman–Crippen MR) is 91.1 cm³/mol. The molecule has 3 aromatic rings. The summed E-state index contributed by atoms with van der Waals surface area (Å²) in [6.45, 7) is 0. The highest BCUT2D eigenvalue weighted by molar-refractivity contribution is 9.10. The molecular formula is C17H11BrClNO. The van der Waals surface area contributed by atoms with Crippen LogP contribution in [-0.4, -0.2) is 5.91 Å². The number of halogens is 2. The Kier molecular flexibility index (Phi) is 3.95. The fraction of sp³-hybridized carbons (Fsp3) is 0. The summed E-state index contributed by atoms with van der Waals surface area (Å²) < 4.78 is 0.842.